The lowest BCUT2D eigenvalue weighted by atomic mass is 10.1. The van der Waals surface area contributed by atoms with Gasteiger partial charge < -0.3 is 4.90 Å². The summed E-state index contributed by atoms with van der Waals surface area (Å²) >= 11 is 1.74. The zero-order valence-electron chi connectivity index (χ0n) is 10.5. The number of hydrogen-bond donors (Lipinski definition) is 0. The van der Waals surface area contributed by atoms with Gasteiger partial charge in [0.25, 0.3) is 5.91 Å². The quantitative estimate of drug-likeness (QED) is 0.802. The van der Waals surface area contributed by atoms with Crippen LogP contribution in [0.15, 0.2) is 23.7 Å². The van der Waals surface area contributed by atoms with Crippen molar-refractivity contribution in [1.82, 2.24) is 9.88 Å². The van der Waals surface area contributed by atoms with Crippen molar-refractivity contribution in [2.75, 3.05) is 6.54 Å². The van der Waals surface area contributed by atoms with E-state index in [2.05, 4.69) is 16.4 Å². The Kier molecular flexibility index (Phi) is 3.06. The van der Waals surface area contributed by atoms with E-state index in [4.69, 9.17) is 0 Å². The molecule has 0 N–H and O–H groups in total. The van der Waals surface area contributed by atoms with Gasteiger partial charge in [0.05, 0.1) is 6.20 Å². The summed E-state index contributed by atoms with van der Waals surface area (Å²) in [6.45, 7) is 2.96. The molecule has 3 nitrogen and oxygen atoms in total. The van der Waals surface area contributed by atoms with Crippen LogP contribution in [0, 0.1) is 12.7 Å². The van der Waals surface area contributed by atoms with Gasteiger partial charge in [0.1, 0.15) is 11.5 Å². The van der Waals surface area contributed by atoms with Gasteiger partial charge in [-0.3, -0.25) is 4.79 Å². The molecule has 0 spiro atoms. The molecular weight excluding hydrogens is 263 g/mol. The van der Waals surface area contributed by atoms with Gasteiger partial charge in [0, 0.05) is 18.0 Å². The fourth-order valence-corrected chi connectivity index (χ4v) is 3.13. The number of thiophene rings is 1. The minimum absolute atomic E-state index is 0.125. The van der Waals surface area contributed by atoms with E-state index in [0.717, 1.165) is 12.6 Å². The summed E-state index contributed by atoms with van der Waals surface area (Å²) in [6, 6.07) is 3.57. The second-order valence-corrected chi connectivity index (χ2v) is 5.67. The van der Waals surface area contributed by atoms with E-state index in [1.54, 1.807) is 23.2 Å². The number of halogens is 1. The van der Waals surface area contributed by atoms with Crippen LogP contribution in [0.3, 0.4) is 0 Å². The molecule has 0 atom stereocenters. The van der Waals surface area contributed by atoms with Gasteiger partial charge in [0.15, 0.2) is 0 Å². The van der Waals surface area contributed by atoms with E-state index < -0.39 is 0 Å². The first-order valence-corrected chi connectivity index (χ1v) is 7.00. The summed E-state index contributed by atoms with van der Waals surface area (Å²) in [5, 5.41) is 2.05. The van der Waals surface area contributed by atoms with Crippen molar-refractivity contribution in [3.63, 3.8) is 0 Å². The number of rotatable bonds is 1. The zero-order chi connectivity index (χ0) is 13.4. The maximum absolute atomic E-state index is 13.2. The Labute approximate surface area is 114 Å². The summed E-state index contributed by atoms with van der Waals surface area (Å²) in [5.74, 6) is -0.504. The highest BCUT2D eigenvalue weighted by molar-refractivity contribution is 7.10. The number of carbonyl (C=O) groups excluding carboxylic acids is 1. The third kappa shape index (κ3) is 2.26. The molecule has 2 aromatic rings. The van der Waals surface area contributed by atoms with Crippen molar-refractivity contribution in [3.8, 4) is 0 Å². The maximum atomic E-state index is 13.2. The molecule has 1 aliphatic heterocycles. The summed E-state index contributed by atoms with van der Waals surface area (Å²) in [4.78, 5) is 19.4. The lowest BCUT2D eigenvalue weighted by Gasteiger charge is -2.26. The third-order valence-electron chi connectivity index (χ3n) is 3.36. The number of carbonyl (C=O) groups is 1. The first-order chi connectivity index (χ1) is 9.15. The SMILES string of the molecule is Cc1cc(C(=O)N2CCc3sccc3C2)ncc1F. The Hall–Kier alpha value is -1.75. The zero-order valence-corrected chi connectivity index (χ0v) is 11.3. The lowest BCUT2D eigenvalue weighted by molar-refractivity contribution is 0.0729. The maximum Gasteiger partial charge on any atom is 0.272 e. The highest BCUT2D eigenvalue weighted by Crippen LogP contribution is 2.24. The van der Waals surface area contributed by atoms with Crippen LogP contribution >= 0.6 is 11.3 Å². The fraction of sp³-hybridized carbons (Fsp3) is 0.286. The molecule has 0 aliphatic carbocycles. The number of hydrogen-bond acceptors (Lipinski definition) is 3. The highest BCUT2D eigenvalue weighted by Gasteiger charge is 2.23. The molecule has 3 rings (SSSR count). The van der Waals surface area contributed by atoms with E-state index in [0.29, 0.717) is 24.3 Å². The molecule has 0 bridgehead atoms. The van der Waals surface area contributed by atoms with Crippen molar-refractivity contribution >= 4 is 17.2 Å². The average Bonchev–Trinajstić information content (AvgIpc) is 2.88. The van der Waals surface area contributed by atoms with Gasteiger partial charge in [-0.05, 0) is 42.0 Å². The van der Waals surface area contributed by atoms with Crippen LogP contribution < -0.4 is 0 Å². The monoisotopic (exact) mass is 276 g/mol. The van der Waals surface area contributed by atoms with Gasteiger partial charge >= 0.3 is 0 Å². The minimum Gasteiger partial charge on any atom is -0.333 e. The Morgan fingerprint density at radius 1 is 1.53 bits per heavy atom. The van der Waals surface area contributed by atoms with E-state index >= 15 is 0 Å². The topological polar surface area (TPSA) is 33.2 Å². The molecule has 0 aromatic carbocycles. The molecule has 0 radical (unpaired) electrons. The molecule has 1 aliphatic rings. The first-order valence-electron chi connectivity index (χ1n) is 6.12. The fourth-order valence-electron chi connectivity index (χ4n) is 2.24. The highest BCUT2D eigenvalue weighted by atomic mass is 32.1. The van der Waals surface area contributed by atoms with E-state index in [1.807, 2.05) is 0 Å². The number of nitrogens with zero attached hydrogens (tertiary/aromatic N) is 2. The van der Waals surface area contributed by atoms with Gasteiger partial charge in [0.2, 0.25) is 0 Å². The largest absolute Gasteiger partial charge is 0.333 e. The number of fused-ring (bicyclic) bond motifs is 1. The Morgan fingerprint density at radius 2 is 2.37 bits per heavy atom. The van der Waals surface area contributed by atoms with Crippen LogP contribution in [0.2, 0.25) is 0 Å². The minimum atomic E-state index is -0.379. The van der Waals surface area contributed by atoms with Crippen LogP contribution in [0.5, 0.6) is 0 Å². The number of aromatic nitrogens is 1. The van der Waals surface area contributed by atoms with Crippen molar-refractivity contribution in [1.29, 1.82) is 0 Å². The Bertz CT molecular complexity index is 638. The summed E-state index contributed by atoms with van der Waals surface area (Å²) in [5.41, 5.74) is 1.98. The van der Waals surface area contributed by atoms with E-state index in [9.17, 15) is 9.18 Å². The number of aryl methyl sites for hydroxylation is 1. The Balaban J connectivity index is 1.83. The van der Waals surface area contributed by atoms with Crippen LogP contribution in [0.4, 0.5) is 4.39 Å². The number of pyridine rings is 1. The molecule has 0 unspecified atom stereocenters. The van der Waals surface area contributed by atoms with Crippen molar-refractivity contribution in [2.45, 2.75) is 19.9 Å². The molecule has 98 valence electrons. The average molecular weight is 276 g/mol. The molecule has 2 aromatic heterocycles. The van der Waals surface area contributed by atoms with Crippen molar-refractivity contribution in [3.05, 3.63) is 51.2 Å². The molecule has 3 heterocycles. The smallest absolute Gasteiger partial charge is 0.272 e. The number of amides is 1. The lowest BCUT2D eigenvalue weighted by Crippen LogP contribution is -2.35. The van der Waals surface area contributed by atoms with Crippen molar-refractivity contribution in [2.24, 2.45) is 0 Å². The van der Waals surface area contributed by atoms with Crippen molar-refractivity contribution < 1.29 is 9.18 Å². The second kappa shape index (κ2) is 4.74. The van der Waals surface area contributed by atoms with Gasteiger partial charge in [-0.15, -0.1) is 11.3 Å². The summed E-state index contributed by atoms with van der Waals surface area (Å²) in [6.07, 6.45) is 2.00. The predicted molar refractivity (Wildman–Crippen MR) is 71.7 cm³/mol. The van der Waals surface area contributed by atoms with E-state index in [1.165, 1.54) is 16.5 Å². The summed E-state index contributed by atoms with van der Waals surface area (Å²) < 4.78 is 13.2. The molecule has 19 heavy (non-hydrogen) atoms. The van der Waals surface area contributed by atoms with Gasteiger partial charge in [-0.25, -0.2) is 9.37 Å². The molecule has 5 heteroatoms. The molecule has 0 fully saturated rings. The molecule has 1 amide bonds. The van der Waals surface area contributed by atoms with E-state index in [-0.39, 0.29) is 11.7 Å². The Morgan fingerprint density at radius 3 is 3.16 bits per heavy atom. The van der Waals surface area contributed by atoms with Gasteiger partial charge in [-0.1, -0.05) is 0 Å². The predicted octanol–water partition coefficient (Wildman–Crippen LogP) is 2.79. The standard InChI is InChI=1S/C14H13FN2OS/c1-9-6-12(16-7-11(9)15)14(18)17-4-2-13-10(8-17)3-5-19-13/h3,5-7H,2,4,8H2,1H3. The molecule has 0 saturated heterocycles. The first kappa shape index (κ1) is 12.3. The van der Waals surface area contributed by atoms with Gasteiger partial charge in [-0.2, -0.15) is 0 Å². The normalized spacial score (nSPS) is 14.3. The van der Waals surface area contributed by atoms with Crippen LogP contribution in [0.1, 0.15) is 26.5 Å². The van der Waals surface area contributed by atoms with Crippen LogP contribution in [0.25, 0.3) is 0 Å². The molecular formula is C14H13FN2OS. The summed E-state index contributed by atoms with van der Waals surface area (Å²) in [7, 11) is 0. The van der Waals surface area contributed by atoms with Crippen LogP contribution in [-0.2, 0) is 13.0 Å². The third-order valence-corrected chi connectivity index (χ3v) is 4.38. The molecule has 0 saturated carbocycles. The second-order valence-electron chi connectivity index (χ2n) is 4.66. The van der Waals surface area contributed by atoms with Crippen LogP contribution in [-0.4, -0.2) is 22.3 Å².